The number of rotatable bonds is 5. The van der Waals surface area contributed by atoms with Gasteiger partial charge in [0, 0.05) is 4.90 Å². The Labute approximate surface area is 86.9 Å². The number of benzene rings is 1. The second-order valence-electron chi connectivity index (χ2n) is 2.54. The molecule has 6 heteroatoms. The van der Waals surface area contributed by atoms with Crippen molar-refractivity contribution in [1.82, 2.24) is 0 Å². The van der Waals surface area contributed by atoms with Crippen molar-refractivity contribution < 1.29 is 20.1 Å². The van der Waals surface area contributed by atoms with E-state index in [0.717, 1.165) is 10.6 Å². The molecule has 0 amide bonds. The summed E-state index contributed by atoms with van der Waals surface area (Å²) in [6, 6.07) is 7.17. The molecule has 0 saturated heterocycles. The summed E-state index contributed by atoms with van der Waals surface area (Å²) in [5.74, 6) is 0.996. The molecule has 0 bridgehead atoms. The van der Waals surface area contributed by atoms with Crippen LogP contribution in [0.25, 0.3) is 0 Å². The average Bonchev–Trinajstić information content (AvgIpc) is 2.23. The van der Waals surface area contributed by atoms with Gasteiger partial charge in [0.2, 0.25) is 0 Å². The molecule has 4 nitrogen and oxygen atoms in total. The second kappa shape index (κ2) is 6.05. The average molecular weight is 214 g/mol. The van der Waals surface area contributed by atoms with E-state index in [4.69, 9.17) is 10.5 Å². The maximum atomic E-state index is 8.36. The summed E-state index contributed by atoms with van der Waals surface area (Å²) >= 11 is 1.70. The van der Waals surface area contributed by atoms with Crippen LogP contribution in [0.4, 0.5) is 0 Å². The lowest BCUT2D eigenvalue weighted by Gasteiger charge is -2.05. The summed E-state index contributed by atoms with van der Waals surface area (Å²) in [5.41, 5.74) is 0.551. The van der Waals surface area contributed by atoms with Crippen LogP contribution in [0.1, 0.15) is 6.92 Å². The first kappa shape index (κ1) is 11.5. The minimum absolute atomic E-state index is 0.551. The summed E-state index contributed by atoms with van der Waals surface area (Å²) in [5, 5.41) is 16.7. The van der Waals surface area contributed by atoms with Gasteiger partial charge in [-0.1, -0.05) is 19.1 Å². The zero-order valence-electron chi connectivity index (χ0n) is 7.71. The highest BCUT2D eigenvalue weighted by molar-refractivity contribution is 7.99. The lowest BCUT2D eigenvalue weighted by molar-refractivity contribution is -0.221. The standard InChI is InChI=1S/C8H11BO4S/c1-2-14-8-5-3-7(4-6-8)9(12-10)13-11/h3-6,10-11H,2H2,1H3. The van der Waals surface area contributed by atoms with E-state index in [9.17, 15) is 0 Å². The second-order valence-corrected chi connectivity index (χ2v) is 3.88. The van der Waals surface area contributed by atoms with Gasteiger partial charge < -0.3 is 0 Å². The molecule has 1 aromatic carbocycles. The van der Waals surface area contributed by atoms with Gasteiger partial charge in [-0.15, -0.1) is 11.8 Å². The van der Waals surface area contributed by atoms with Crippen molar-refractivity contribution in [2.24, 2.45) is 0 Å². The molecule has 0 atom stereocenters. The Morgan fingerprint density at radius 2 is 1.79 bits per heavy atom. The zero-order valence-corrected chi connectivity index (χ0v) is 8.53. The van der Waals surface area contributed by atoms with Crippen LogP contribution >= 0.6 is 11.8 Å². The van der Waals surface area contributed by atoms with Crippen molar-refractivity contribution in [1.29, 1.82) is 0 Å². The molecule has 0 fully saturated rings. The molecular formula is C8H11BO4S. The monoisotopic (exact) mass is 214 g/mol. The van der Waals surface area contributed by atoms with Crippen molar-refractivity contribution in [3.63, 3.8) is 0 Å². The highest BCUT2D eigenvalue weighted by Crippen LogP contribution is 2.15. The lowest BCUT2D eigenvalue weighted by Crippen LogP contribution is -2.34. The normalized spacial score (nSPS) is 10.2. The summed E-state index contributed by atoms with van der Waals surface area (Å²) in [6.07, 6.45) is 0. The molecule has 0 aliphatic rings. The Kier molecular flexibility index (Phi) is 4.99. The van der Waals surface area contributed by atoms with Crippen LogP contribution in [0, 0.1) is 0 Å². The number of thioether (sulfide) groups is 1. The van der Waals surface area contributed by atoms with Gasteiger partial charge in [-0.05, 0) is 23.3 Å². The topological polar surface area (TPSA) is 58.9 Å². The van der Waals surface area contributed by atoms with E-state index in [-0.39, 0.29) is 0 Å². The third kappa shape index (κ3) is 3.00. The van der Waals surface area contributed by atoms with Gasteiger partial charge in [0.15, 0.2) is 0 Å². The Hall–Kier alpha value is -0.525. The predicted molar refractivity (Wildman–Crippen MR) is 55.7 cm³/mol. The lowest BCUT2D eigenvalue weighted by atomic mass is 9.80. The Bertz CT molecular complexity index is 263. The molecule has 0 radical (unpaired) electrons. The molecule has 1 rings (SSSR count). The molecule has 76 valence electrons. The van der Waals surface area contributed by atoms with Crippen molar-refractivity contribution in [3.05, 3.63) is 24.3 Å². The molecule has 0 aliphatic carbocycles. The van der Waals surface area contributed by atoms with Gasteiger partial charge >= 0.3 is 7.12 Å². The number of hydrogen-bond donors (Lipinski definition) is 2. The summed E-state index contributed by atoms with van der Waals surface area (Å²) in [4.78, 5) is 8.93. The largest absolute Gasteiger partial charge is 0.554 e. The SMILES string of the molecule is CCSc1ccc(B(OO)OO)cc1. The smallest absolute Gasteiger partial charge is 0.264 e. The van der Waals surface area contributed by atoms with Gasteiger partial charge in [-0.3, -0.25) is 20.1 Å². The van der Waals surface area contributed by atoms with E-state index in [1.165, 1.54) is 0 Å². The quantitative estimate of drug-likeness (QED) is 0.336. The minimum Gasteiger partial charge on any atom is -0.264 e. The van der Waals surface area contributed by atoms with E-state index in [2.05, 4.69) is 16.5 Å². The molecule has 0 aromatic heterocycles. The van der Waals surface area contributed by atoms with Crippen molar-refractivity contribution >= 4 is 24.3 Å². The maximum Gasteiger partial charge on any atom is 0.554 e. The van der Waals surface area contributed by atoms with Crippen LogP contribution in [0.3, 0.4) is 0 Å². The highest BCUT2D eigenvalue weighted by Gasteiger charge is 2.21. The van der Waals surface area contributed by atoms with Gasteiger partial charge in [0.25, 0.3) is 0 Å². The van der Waals surface area contributed by atoms with Gasteiger partial charge in [0.1, 0.15) is 0 Å². The van der Waals surface area contributed by atoms with Crippen LogP contribution in [-0.4, -0.2) is 23.4 Å². The fraction of sp³-hybridized carbons (Fsp3) is 0.250. The van der Waals surface area contributed by atoms with E-state index in [0.29, 0.717) is 5.46 Å². The molecule has 0 unspecified atom stereocenters. The summed E-state index contributed by atoms with van der Waals surface area (Å²) in [6.45, 7) is 2.06. The third-order valence-electron chi connectivity index (χ3n) is 1.65. The van der Waals surface area contributed by atoms with Gasteiger partial charge in [-0.2, -0.15) is 0 Å². The van der Waals surface area contributed by atoms with E-state index >= 15 is 0 Å². The first-order chi connectivity index (χ1) is 6.81. The maximum absolute atomic E-state index is 8.36. The molecule has 0 heterocycles. The molecular weight excluding hydrogens is 203 g/mol. The van der Waals surface area contributed by atoms with E-state index in [1.54, 1.807) is 23.9 Å². The van der Waals surface area contributed by atoms with Crippen molar-refractivity contribution in [3.8, 4) is 0 Å². The number of hydrogen-bond acceptors (Lipinski definition) is 5. The highest BCUT2D eigenvalue weighted by atomic mass is 32.2. The van der Waals surface area contributed by atoms with Crippen molar-refractivity contribution in [2.75, 3.05) is 5.75 Å². The third-order valence-corrected chi connectivity index (χ3v) is 2.55. The van der Waals surface area contributed by atoms with Gasteiger partial charge in [0.05, 0.1) is 0 Å². The molecule has 0 aliphatic heterocycles. The molecule has 2 N–H and O–H groups in total. The van der Waals surface area contributed by atoms with Crippen molar-refractivity contribution in [2.45, 2.75) is 11.8 Å². The van der Waals surface area contributed by atoms with Crippen LogP contribution in [-0.2, 0) is 9.61 Å². The van der Waals surface area contributed by atoms with Crippen LogP contribution < -0.4 is 5.46 Å². The van der Waals surface area contributed by atoms with Crippen LogP contribution in [0.15, 0.2) is 29.2 Å². The molecule has 0 saturated carbocycles. The Morgan fingerprint density at radius 1 is 1.21 bits per heavy atom. The minimum atomic E-state index is -1.14. The van der Waals surface area contributed by atoms with Gasteiger partial charge in [-0.25, -0.2) is 0 Å². The first-order valence-corrected chi connectivity index (χ1v) is 5.13. The first-order valence-electron chi connectivity index (χ1n) is 4.15. The van der Waals surface area contributed by atoms with E-state index < -0.39 is 7.12 Å². The summed E-state index contributed by atoms with van der Waals surface area (Å²) in [7, 11) is -1.14. The molecule has 1 aromatic rings. The predicted octanol–water partition coefficient (Wildman–Crippen LogP) is 1.47. The molecule has 0 spiro atoms. The zero-order chi connectivity index (χ0) is 10.4. The summed E-state index contributed by atoms with van der Waals surface area (Å²) < 4.78 is 0. The Morgan fingerprint density at radius 3 is 2.21 bits per heavy atom. The fourth-order valence-corrected chi connectivity index (χ4v) is 1.69. The molecule has 14 heavy (non-hydrogen) atoms. The fourth-order valence-electron chi connectivity index (χ4n) is 1.03. The van der Waals surface area contributed by atoms with E-state index in [1.807, 2.05) is 12.1 Å². The Balaban J connectivity index is 2.71. The van der Waals surface area contributed by atoms with Crippen LogP contribution in [0.5, 0.6) is 0 Å². The van der Waals surface area contributed by atoms with Crippen LogP contribution in [0.2, 0.25) is 0 Å².